The van der Waals surface area contributed by atoms with Crippen LogP contribution in [0.4, 0.5) is 0 Å². The van der Waals surface area contributed by atoms with Crippen LogP contribution in [-0.4, -0.2) is 23.3 Å². The normalized spacial score (nSPS) is 46.6. The Balaban J connectivity index is 1.73. The summed E-state index contributed by atoms with van der Waals surface area (Å²) in [5.74, 6) is 1.56. The molecule has 0 aromatic heterocycles. The smallest absolute Gasteiger partial charge is 0.405 e. The second kappa shape index (κ2) is 4.10. The van der Waals surface area contributed by atoms with Crippen LogP contribution >= 0.6 is 22.6 Å². The van der Waals surface area contributed by atoms with Gasteiger partial charge in [0.2, 0.25) is 0 Å². The van der Waals surface area contributed by atoms with Crippen LogP contribution in [0.2, 0.25) is 6.32 Å². The van der Waals surface area contributed by atoms with Gasteiger partial charge >= 0.3 is 7.12 Å². The van der Waals surface area contributed by atoms with E-state index in [4.69, 9.17) is 9.31 Å². The minimum atomic E-state index is -0.00576. The molecule has 2 nitrogen and oxygen atoms in total. The van der Waals surface area contributed by atoms with E-state index < -0.39 is 0 Å². The summed E-state index contributed by atoms with van der Waals surface area (Å²) in [6.07, 6.45) is 5.18. The van der Waals surface area contributed by atoms with Crippen molar-refractivity contribution in [3.63, 3.8) is 0 Å². The van der Waals surface area contributed by atoms with Gasteiger partial charge in [-0.25, -0.2) is 0 Å². The fourth-order valence-corrected chi connectivity index (χ4v) is 4.76. The van der Waals surface area contributed by atoms with Gasteiger partial charge in [0, 0.05) is 0 Å². The largest absolute Gasteiger partial charge is 0.457 e. The molecular weight excluding hydrogens is 326 g/mol. The van der Waals surface area contributed by atoms with Crippen molar-refractivity contribution in [2.45, 2.75) is 58.1 Å². The summed E-state index contributed by atoms with van der Waals surface area (Å²) in [7, 11) is 0.0647. The maximum atomic E-state index is 6.32. The first-order chi connectivity index (χ1) is 7.98. The molecule has 17 heavy (non-hydrogen) atoms. The third kappa shape index (κ3) is 1.73. The van der Waals surface area contributed by atoms with Crippen molar-refractivity contribution in [1.82, 2.24) is 0 Å². The molecule has 0 aromatic rings. The van der Waals surface area contributed by atoms with Gasteiger partial charge < -0.3 is 9.31 Å². The third-order valence-electron chi connectivity index (χ3n) is 5.58. The van der Waals surface area contributed by atoms with Crippen molar-refractivity contribution in [1.29, 1.82) is 0 Å². The van der Waals surface area contributed by atoms with Gasteiger partial charge in [0.25, 0.3) is 0 Å². The highest BCUT2D eigenvalue weighted by Crippen LogP contribution is 2.65. The quantitative estimate of drug-likeness (QED) is 0.441. The zero-order chi connectivity index (χ0) is 12.3. The van der Waals surface area contributed by atoms with Gasteiger partial charge in [0.15, 0.2) is 0 Å². The molecule has 96 valence electrons. The summed E-state index contributed by atoms with van der Waals surface area (Å²) in [4.78, 5) is 0. The van der Waals surface area contributed by atoms with Crippen LogP contribution in [0, 0.1) is 17.3 Å². The van der Waals surface area contributed by atoms with Gasteiger partial charge in [-0.1, -0.05) is 36.4 Å². The highest BCUT2D eigenvalue weighted by molar-refractivity contribution is 14.1. The molecule has 0 amide bonds. The Morgan fingerprint density at radius 1 is 1.29 bits per heavy atom. The van der Waals surface area contributed by atoms with Crippen LogP contribution in [-0.2, 0) is 9.31 Å². The first-order valence-corrected chi connectivity index (χ1v) is 8.40. The molecule has 0 radical (unpaired) electrons. The summed E-state index contributed by atoms with van der Waals surface area (Å²) in [5, 5.41) is 0. The molecule has 1 saturated heterocycles. The van der Waals surface area contributed by atoms with Crippen LogP contribution < -0.4 is 0 Å². The molecule has 3 saturated carbocycles. The van der Waals surface area contributed by atoms with E-state index in [0.29, 0.717) is 17.4 Å². The standard InChI is InChI=1S/C13H22BIO2/c1-12(2)9-7-10(12)13(3)11(8-9)16-14(17-13)5-4-6-15/h9-11H,4-8H2,1-3H3/t9?,10?,11?,13-/m0/s1. The Morgan fingerprint density at radius 3 is 2.71 bits per heavy atom. The molecule has 0 spiro atoms. The lowest BCUT2D eigenvalue weighted by molar-refractivity contribution is -0.199. The predicted octanol–water partition coefficient (Wildman–Crippen LogP) is 3.54. The topological polar surface area (TPSA) is 18.5 Å². The second-order valence-corrected chi connectivity index (χ2v) is 7.81. The first kappa shape index (κ1) is 12.7. The van der Waals surface area contributed by atoms with Crippen LogP contribution in [0.3, 0.4) is 0 Å². The van der Waals surface area contributed by atoms with E-state index in [9.17, 15) is 0 Å². The SMILES string of the molecule is CC1(C)C2CC3OB(CCCI)O[C@@]3(C)C1C2. The summed E-state index contributed by atoms with van der Waals surface area (Å²) in [6, 6.07) is 0. The van der Waals surface area contributed by atoms with Gasteiger partial charge in [0.1, 0.15) is 0 Å². The highest BCUT2D eigenvalue weighted by atomic mass is 127. The molecule has 4 aliphatic rings. The van der Waals surface area contributed by atoms with Crippen molar-refractivity contribution < 1.29 is 9.31 Å². The Kier molecular flexibility index (Phi) is 3.07. The molecule has 4 rings (SSSR count). The molecule has 0 N–H and O–H groups in total. The summed E-state index contributed by atoms with van der Waals surface area (Å²) in [6.45, 7) is 7.12. The molecule has 3 unspecified atom stereocenters. The van der Waals surface area contributed by atoms with Crippen LogP contribution in [0.25, 0.3) is 0 Å². The Bertz CT molecular complexity index is 323. The second-order valence-electron chi connectivity index (χ2n) is 6.73. The molecule has 2 bridgehead atoms. The number of rotatable bonds is 3. The zero-order valence-corrected chi connectivity index (χ0v) is 13.2. The van der Waals surface area contributed by atoms with E-state index >= 15 is 0 Å². The van der Waals surface area contributed by atoms with Crippen molar-refractivity contribution >= 4 is 29.7 Å². The number of hydrogen-bond donors (Lipinski definition) is 0. The van der Waals surface area contributed by atoms with E-state index in [0.717, 1.165) is 12.2 Å². The number of halogens is 1. The van der Waals surface area contributed by atoms with Gasteiger partial charge in [0.05, 0.1) is 11.7 Å². The fourth-order valence-electron chi connectivity index (χ4n) is 4.32. The van der Waals surface area contributed by atoms with E-state index in [-0.39, 0.29) is 12.7 Å². The number of alkyl halides is 1. The molecular formula is C13H22BIO2. The summed E-state index contributed by atoms with van der Waals surface area (Å²) in [5.41, 5.74) is 0.459. The Hall–Kier alpha value is 0.715. The fraction of sp³-hybridized carbons (Fsp3) is 1.00. The number of hydrogen-bond acceptors (Lipinski definition) is 2. The first-order valence-electron chi connectivity index (χ1n) is 6.87. The lowest BCUT2D eigenvalue weighted by atomic mass is 9.43. The van der Waals surface area contributed by atoms with Crippen molar-refractivity contribution in [2.75, 3.05) is 4.43 Å². The minimum Gasteiger partial charge on any atom is -0.405 e. The highest BCUT2D eigenvalue weighted by Gasteiger charge is 2.67. The van der Waals surface area contributed by atoms with Gasteiger partial charge in [-0.15, -0.1) is 0 Å². The summed E-state index contributed by atoms with van der Waals surface area (Å²) >= 11 is 2.43. The van der Waals surface area contributed by atoms with Crippen LogP contribution in [0.5, 0.6) is 0 Å². The van der Waals surface area contributed by atoms with E-state index in [1.165, 1.54) is 23.7 Å². The van der Waals surface area contributed by atoms with Gasteiger partial charge in [-0.3, -0.25) is 0 Å². The lowest BCUT2D eigenvalue weighted by Crippen LogP contribution is -2.65. The van der Waals surface area contributed by atoms with Crippen LogP contribution in [0.15, 0.2) is 0 Å². The molecule has 3 aliphatic carbocycles. The van der Waals surface area contributed by atoms with Crippen molar-refractivity contribution in [2.24, 2.45) is 17.3 Å². The molecule has 4 heteroatoms. The minimum absolute atomic E-state index is 0.00576. The maximum Gasteiger partial charge on any atom is 0.457 e. The summed E-state index contributed by atoms with van der Waals surface area (Å²) < 4.78 is 13.6. The van der Waals surface area contributed by atoms with E-state index in [1.54, 1.807) is 0 Å². The zero-order valence-electron chi connectivity index (χ0n) is 11.0. The average Bonchev–Trinajstić information content (AvgIpc) is 2.61. The van der Waals surface area contributed by atoms with E-state index in [1.807, 2.05) is 0 Å². The average molecular weight is 348 g/mol. The van der Waals surface area contributed by atoms with Crippen LogP contribution in [0.1, 0.15) is 40.0 Å². The Morgan fingerprint density at radius 2 is 2.06 bits per heavy atom. The monoisotopic (exact) mass is 348 g/mol. The van der Waals surface area contributed by atoms with Gasteiger partial charge in [-0.05, 0) is 54.2 Å². The predicted molar refractivity (Wildman–Crippen MR) is 78.4 cm³/mol. The maximum absolute atomic E-state index is 6.32. The van der Waals surface area contributed by atoms with Gasteiger partial charge in [-0.2, -0.15) is 0 Å². The molecule has 4 fully saturated rings. The third-order valence-corrected chi connectivity index (χ3v) is 6.34. The lowest BCUT2D eigenvalue weighted by Gasteiger charge is -2.64. The molecule has 1 heterocycles. The molecule has 0 aromatic carbocycles. The van der Waals surface area contributed by atoms with Crippen molar-refractivity contribution in [3.05, 3.63) is 0 Å². The van der Waals surface area contributed by atoms with Crippen molar-refractivity contribution in [3.8, 4) is 0 Å². The van der Waals surface area contributed by atoms with E-state index in [2.05, 4.69) is 43.4 Å². The molecule has 4 atom stereocenters. The Labute approximate surface area is 118 Å². The molecule has 1 aliphatic heterocycles.